The van der Waals surface area contributed by atoms with Crippen LogP contribution in [0.15, 0.2) is 29.2 Å². The number of nitrogens with one attached hydrogen (secondary N) is 2. The van der Waals surface area contributed by atoms with Gasteiger partial charge in [-0.2, -0.15) is 4.98 Å². The van der Waals surface area contributed by atoms with Crippen LogP contribution in [0.5, 0.6) is 0 Å². The lowest BCUT2D eigenvalue weighted by Crippen LogP contribution is -2.31. The average molecular weight is 257 g/mol. The molecule has 0 aliphatic carbocycles. The number of pyridine rings is 1. The fourth-order valence-corrected chi connectivity index (χ4v) is 2.30. The molecule has 0 aromatic carbocycles. The Balaban J connectivity index is 2.10. The molecule has 0 atom stereocenters. The summed E-state index contributed by atoms with van der Waals surface area (Å²) in [6.45, 7) is 1.59. The first-order chi connectivity index (χ1) is 9.25. The molecule has 0 spiro atoms. The Kier molecular flexibility index (Phi) is 3.00. The fourth-order valence-electron chi connectivity index (χ4n) is 2.30. The van der Waals surface area contributed by atoms with E-state index in [1.807, 2.05) is 30.1 Å². The quantitative estimate of drug-likeness (QED) is 0.823. The summed E-state index contributed by atoms with van der Waals surface area (Å²) in [6, 6.07) is 5.67. The van der Waals surface area contributed by atoms with Crippen molar-refractivity contribution in [1.82, 2.24) is 20.3 Å². The Labute approximate surface area is 110 Å². The average Bonchev–Trinajstić information content (AvgIpc) is 2.46. The minimum absolute atomic E-state index is 0.307. The number of hydrogen-bond donors (Lipinski definition) is 2. The summed E-state index contributed by atoms with van der Waals surface area (Å²) in [5, 5.41) is 3.30. The summed E-state index contributed by atoms with van der Waals surface area (Å²) in [5.74, 6) is 1.44. The van der Waals surface area contributed by atoms with Crippen molar-refractivity contribution in [3.05, 3.63) is 46.1 Å². The van der Waals surface area contributed by atoms with Crippen LogP contribution in [0.2, 0.25) is 0 Å². The number of aromatic amines is 1. The van der Waals surface area contributed by atoms with Crippen LogP contribution in [-0.2, 0) is 13.0 Å². The summed E-state index contributed by atoms with van der Waals surface area (Å²) < 4.78 is 0. The topological polar surface area (TPSA) is 73.9 Å². The predicted molar refractivity (Wildman–Crippen MR) is 72.6 cm³/mol. The lowest BCUT2D eigenvalue weighted by molar-refractivity contribution is 0.622. The van der Waals surface area contributed by atoms with Gasteiger partial charge in [-0.05, 0) is 12.1 Å². The number of nitrogens with zero attached hydrogens (tertiary/aromatic N) is 3. The summed E-state index contributed by atoms with van der Waals surface area (Å²) >= 11 is 0. The van der Waals surface area contributed by atoms with Crippen molar-refractivity contribution in [2.45, 2.75) is 13.0 Å². The maximum atomic E-state index is 11.7. The van der Waals surface area contributed by atoms with Gasteiger partial charge in [-0.15, -0.1) is 0 Å². The van der Waals surface area contributed by atoms with Crippen LogP contribution >= 0.6 is 0 Å². The Bertz CT molecular complexity index is 637. The molecule has 2 N–H and O–H groups in total. The monoisotopic (exact) mass is 257 g/mol. The van der Waals surface area contributed by atoms with E-state index in [-0.39, 0.29) is 5.69 Å². The van der Waals surface area contributed by atoms with Crippen LogP contribution < -0.4 is 15.9 Å². The van der Waals surface area contributed by atoms with E-state index in [0.29, 0.717) is 12.4 Å². The molecule has 3 rings (SSSR count). The number of anilines is 2. The van der Waals surface area contributed by atoms with Crippen LogP contribution in [0.3, 0.4) is 0 Å². The van der Waals surface area contributed by atoms with Gasteiger partial charge in [0.1, 0.15) is 11.6 Å². The van der Waals surface area contributed by atoms with Crippen molar-refractivity contribution in [2.24, 2.45) is 0 Å². The number of H-pyrrole nitrogens is 1. The zero-order valence-electron chi connectivity index (χ0n) is 10.7. The third kappa shape index (κ3) is 2.22. The lowest BCUT2D eigenvalue weighted by atomic mass is 10.1. The minimum atomic E-state index is -0.307. The van der Waals surface area contributed by atoms with E-state index in [1.165, 1.54) is 0 Å². The molecule has 98 valence electrons. The molecule has 0 fully saturated rings. The van der Waals surface area contributed by atoms with Crippen LogP contribution in [-0.4, -0.2) is 28.5 Å². The highest BCUT2D eigenvalue weighted by Crippen LogP contribution is 2.25. The number of fused-ring (bicyclic) bond motifs is 1. The fraction of sp³-hybridized carbons (Fsp3) is 0.308. The van der Waals surface area contributed by atoms with Crippen LogP contribution in [0.25, 0.3) is 0 Å². The van der Waals surface area contributed by atoms with E-state index < -0.39 is 0 Å². The van der Waals surface area contributed by atoms with Crippen molar-refractivity contribution in [1.29, 1.82) is 0 Å². The van der Waals surface area contributed by atoms with Gasteiger partial charge in [-0.1, -0.05) is 6.07 Å². The molecule has 0 amide bonds. The zero-order valence-corrected chi connectivity index (χ0v) is 10.7. The Morgan fingerprint density at radius 2 is 2.26 bits per heavy atom. The summed E-state index contributed by atoms with van der Waals surface area (Å²) in [5.41, 5.74) is 1.70. The standard InChI is InChI=1S/C13H15N5O/c1-18(11-4-2-3-6-15-11)12-9-8-14-7-5-10(9)16-13(19)17-12/h2-4,6,14H,5,7-8H2,1H3,(H,16,17,19). The van der Waals surface area contributed by atoms with Crippen LogP contribution in [0.4, 0.5) is 11.6 Å². The number of hydrogen-bond acceptors (Lipinski definition) is 5. The Morgan fingerprint density at radius 1 is 1.37 bits per heavy atom. The van der Waals surface area contributed by atoms with Crippen molar-refractivity contribution in [2.75, 3.05) is 18.5 Å². The van der Waals surface area contributed by atoms with E-state index in [1.54, 1.807) is 6.20 Å². The molecular weight excluding hydrogens is 242 g/mol. The molecule has 2 aromatic rings. The number of aromatic nitrogens is 3. The highest BCUT2D eigenvalue weighted by Gasteiger charge is 2.19. The smallest absolute Gasteiger partial charge is 0.314 e. The van der Waals surface area contributed by atoms with Gasteiger partial charge in [-0.3, -0.25) is 0 Å². The van der Waals surface area contributed by atoms with Gasteiger partial charge in [0, 0.05) is 44.0 Å². The summed E-state index contributed by atoms with van der Waals surface area (Å²) in [6.07, 6.45) is 2.54. The van der Waals surface area contributed by atoms with E-state index >= 15 is 0 Å². The molecule has 1 aliphatic heterocycles. The van der Waals surface area contributed by atoms with E-state index in [2.05, 4.69) is 20.3 Å². The first kappa shape index (κ1) is 11.9. The zero-order chi connectivity index (χ0) is 13.2. The molecule has 0 saturated heterocycles. The predicted octanol–water partition coefficient (Wildman–Crippen LogP) is 0.578. The van der Waals surface area contributed by atoms with Gasteiger partial charge in [0.25, 0.3) is 0 Å². The van der Waals surface area contributed by atoms with Crippen LogP contribution in [0.1, 0.15) is 11.3 Å². The highest BCUT2D eigenvalue weighted by atomic mass is 16.1. The van der Waals surface area contributed by atoms with Gasteiger partial charge < -0.3 is 15.2 Å². The minimum Gasteiger partial charge on any atom is -0.314 e. The first-order valence-electron chi connectivity index (χ1n) is 6.23. The molecule has 0 unspecified atom stereocenters. The highest BCUT2D eigenvalue weighted by molar-refractivity contribution is 5.59. The van der Waals surface area contributed by atoms with Gasteiger partial charge in [-0.25, -0.2) is 9.78 Å². The van der Waals surface area contributed by atoms with E-state index in [4.69, 9.17) is 0 Å². The van der Waals surface area contributed by atoms with Gasteiger partial charge >= 0.3 is 5.69 Å². The molecule has 1 aliphatic rings. The largest absolute Gasteiger partial charge is 0.347 e. The molecule has 19 heavy (non-hydrogen) atoms. The van der Waals surface area contributed by atoms with Crippen molar-refractivity contribution < 1.29 is 0 Å². The second kappa shape index (κ2) is 4.81. The van der Waals surface area contributed by atoms with Crippen molar-refractivity contribution in [3.63, 3.8) is 0 Å². The molecular formula is C13H15N5O. The third-order valence-corrected chi connectivity index (χ3v) is 3.26. The second-order valence-electron chi connectivity index (χ2n) is 4.50. The molecule has 3 heterocycles. The van der Waals surface area contributed by atoms with Gasteiger partial charge in [0.15, 0.2) is 0 Å². The molecule has 0 radical (unpaired) electrons. The Hall–Kier alpha value is -2.21. The van der Waals surface area contributed by atoms with Crippen molar-refractivity contribution >= 4 is 11.6 Å². The Morgan fingerprint density at radius 3 is 3.05 bits per heavy atom. The van der Waals surface area contributed by atoms with Crippen LogP contribution in [0, 0.1) is 0 Å². The maximum Gasteiger partial charge on any atom is 0.347 e. The van der Waals surface area contributed by atoms with Gasteiger partial charge in [0.05, 0.1) is 0 Å². The third-order valence-electron chi connectivity index (χ3n) is 3.26. The second-order valence-corrected chi connectivity index (χ2v) is 4.50. The number of rotatable bonds is 2. The van der Waals surface area contributed by atoms with E-state index in [9.17, 15) is 4.79 Å². The lowest BCUT2D eigenvalue weighted by Gasteiger charge is -2.24. The van der Waals surface area contributed by atoms with Gasteiger partial charge in [0.2, 0.25) is 0 Å². The molecule has 6 heteroatoms. The first-order valence-corrected chi connectivity index (χ1v) is 6.23. The summed E-state index contributed by atoms with van der Waals surface area (Å²) in [7, 11) is 1.87. The maximum absolute atomic E-state index is 11.7. The molecule has 6 nitrogen and oxygen atoms in total. The normalized spacial score (nSPS) is 13.9. The molecule has 2 aromatic heterocycles. The molecule has 0 saturated carbocycles. The SMILES string of the molecule is CN(c1ccccn1)c1nc(=O)[nH]c2c1CNCC2. The molecule has 0 bridgehead atoms. The summed E-state index contributed by atoms with van der Waals surface area (Å²) in [4.78, 5) is 24.7. The van der Waals surface area contributed by atoms with Crippen molar-refractivity contribution in [3.8, 4) is 0 Å². The van der Waals surface area contributed by atoms with E-state index in [0.717, 1.165) is 30.0 Å².